The summed E-state index contributed by atoms with van der Waals surface area (Å²) in [6, 6.07) is 3.67. The molecule has 0 radical (unpaired) electrons. The highest BCUT2D eigenvalue weighted by atomic mass is 16.5. The largest absolute Gasteiger partial charge is 0.483 e. The highest BCUT2D eigenvalue weighted by Gasteiger charge is 2.13. The Morgan fingerprint density at radius 2 is 2.27 bits per heavy atom. The topological polar surface area (TPSA) is 106 Å². The fourth-order valence-corrected chi connectivity index (χ4v) is 1.99. The van der Waals surface area contributed by atoms with Crippen molar-refractivity contribution in [2.75, 3.05) is 17.7 Å². The monoisotopic (exact) mass is 303 g/mol. The summed E-state index contributed by atoms with van der Waals surface area (Å²) in [5, 5.41) is 12.6. The molecular weight excluding hydrogens is 282 g/mol. The molecule has 22 heavy (non-hydrogen) atoms. The van der Waals surface area contributed by atoms with E-state index >= 15 is 0 Å². The van der Waals surface area contributed by atoms with Crippen molar-refractivity contribution in [3.63, 3.8) is 0 Å². The zero-order valence-electron chi connectivity index (χ0n) is 12.6. The molecule has 0 aliphatic carbocycles. The van der Waals surface area contributed by atoms with Crippen molar-refractivity contribution in [3.8, 4) is 5.75 Å². The summed E-state index contributed by atoms with van der Waals surface area (Å²) in [6.07, 6.45) is 6.74. The van der Waals surface area contributed by atoms with Crippen molar-refractivity contribution < 1.29 is 9.84 Å². The van der Waals surface area contributed by atoms with Gasteiger partial charge >= 0.3 is 0 Å². The fourth-order valence-electron chi connectivity index (χ4n) is 1.99. The predicted octanol–water partition coefficient (Wildman–Crippen LogP) is 1.61. The summed E-state index contributed by atoms with van der Waals surface area (Å²) >= 11 is 0. The predicted molar refractivity (Wildman–Crippen MR) is 84.4 cm³/mol. The number of aliphatic hydroxyl groups is 1. The molecule has 0 aromatic carbocycles. The van der Waals surface area contributed by atoms with E-state index in [2.05, 4.69) is 27.2 Å². The molecule has 7 nitrogen and oxygen atoms in total. The number of nitrogens with one attached hydrogen (secondary N) is 1. The fraction of sp³-hybridized carbons (Fsp3) is 0.400. The van der Waals surface area contributed by atoms with Crippen LogP contribution in [0.2, 0.25) is 0 Å². The van der Waals surface area contributed by atoms with Crippen LogP contribution in [-0.2, 0) is 6.61 Å². The van der Waals surface area contributed by atoms with Crippen molar-refractivity contribution in [2.24, 2.45) is 0 Å². The average Bonchev–Trinajstić information content (AvgIpc) is 2.54. The maximum Gasteiger partial charge on any atom is 0.222 e. The Bertz CT molecular complexity index is 579. The summed E-state index contributed by atoms with van der Waals surface area (Å²) in [7, 11) is 0. The number of hydrogen-bond acceptors (Lipinski definition) is 7. The molecule has 118 valence electrons. The lowest BCUT2D eigenvalue weighted by Crippen LogP contribution is -2.24. The minimum Gasteiger partial charge on any atom is -0.483 e. The highest BCUT2D eigenvalue weighted by Crippen LogP contribution is 2.24. The molecule has 0 aliphatic rings. The van der Waals surface area contributed by atoms with Crippen molar-refractivity contribution >= 4 is 11.8 Å². The zero-order chi connectivity index (χ0) is 15.8. The molecule has 0 bridgehead atoms. The molecule has 0 saturated carbocycles. The van der Waals surface area contributed by atoms with Crippen LogP contribution in [0, 0.1) is 0 Å². The van der Waals surface area contributed by atoms with Crippen molar-refractivity contribution in [2.45, 2.75) is 32.4 Å². The number of aliphatic hydroxyl groups excluding tert-OH is 1. The van der Waals surface area contributed by atoms with Crippen LogP contribution in [0.4, 0.5) is 11.8 Å². The van der Waals surface area contributed by atoms with Gasteiger partial charge in [-0.2, -0.15) is 4.98 Å². The van der Waals surface area contributed by atoms with Gasteiger partial charge in [0.2, 0.25) is 5.95 Å². The molecule has 0 saturated heterocycles. The second kappa shape index (κ2) is 8.14. The number of ether oxygens (including phenoxy) is 1. The van der Waals surface area contributed by atoms with E-state index in [9.17, 15) is 5.11 Å². The number of nitrogen functional groups attached to an aromatic ring is 1. The Balaban J connectivity index is 2.09. The second-order valence-corrected chi connectivity index (χ2v) is 4.90. The van der Waals surface area contributed by atoms with Gasteiger partial charge in [0.25, 0.3) is 0 Å². The van der Waals surface area contributed by atoms with E-state index in [4.69, 9.17) is 10.5 Å². The first-order valence-corrected chi connectivity index (χ1v) is 7.24. The van der Waals surface area contributed by atoms with Crippen LogP contribution in [0.5, 0.6) is 5.75 Å². The maximum atomic E-state index is 9.40. The second-order valence-electron chi connectivity index (χ2n) is 4.90. The van der Waals surface area contributed by atoms with E-state index in [-0.39, 0.29) is 18.6 Å². The van der Waals surface area contributed by atoms with Gasteiger partial charge in [0, 0.05) is 18.0 Å². The number of hydrogen-bond donors (Lipinski definition) is 3. The Morgan fingerprint density at radius 3 is 2.95 bits per heavy atom. The van der Waals surface area contributed by atoms with Crippen LogP contribution in [0.3, 0.4) is 0 Å². The molecule has 0 aliphatic heterocycles. The zero-order valence-corrected chi connectivity index (χ0v) is 12.6. The van der Waals surface area contributed by atoms with E-state index in [1.165, 1.54) is 6.20 Å². The summed E-state index contributed by atoms with van der Waals surface area (Å²) in [5.74, 6) is 1.14. The molecule has 1 atom stereocenters. The molecule has 4 N–H and O–H groups in total. The van der Waals surface area contributed by atoms with Crippen LogP contribution in [0.25, 0.3) is 0 Å². The van der Waals surface area contributed by atoms with Crippen LogP contribution < -0.4 is 15.8 Å². The number of rotatable bonds is 8. The Hall–Kier alpha value is -2.41. The van der Waals surface area contributed by atoms with Gasteiger partial charge in [-0.15, -0.1) is 0 Å². The smallest absolute Gasteiger partial charge is 0.222 e. The Morgan fingerprint density at radius 1 is 1.41 bits per heavy atom. The first-order valence-electron chi connectivity index (χ1n) is 7.24. The summed E-state index contributed by atoms with van der Waals surface area (Å²) in [5.41, 5.74) is 6.58. The SMILES string of the molecule is CCC[C@@H](CO)Nc1nc(N)ncc1OCc1cccnc1. The first kappa shape index (κ1) is 16.0. The van der Waals surface area contributed by atoms with Crippen LogP contribution >= 0.6 is 0 Å². The third-order valence-corrected chi connectivity index (χ3v) is 3.09. The number of aromatic nitrogens is 3. The Kier molecular flexibility index (Phi) is 5.91. The van der Waals surface area contributed by atoms with E-state index < -0.39 is 0 Å². The molecule has 0 spiro atoms. The van der Waals surface area contributed by atoms with E-state index in [1.807, 2.05) is 12.1 Å². The van der Waals surface area contributed by atoms with Crippen LogP contribution in [0.15, 0.2) is 30.7 Å². The summed E-state index contributed by atoms with van der Waals surface area (Å²) < 4.78 is 5.74. The summed E-state index contributed by atoms with van der Waals surface area (Å²) in [4.78, 5) is 12.2. The van der Waals surface area contributed by atoms with Crippen LogP contribution in [0.1, 0.15) is 25.3 Å². The maximum absolute atomic E-state index is 9.40. The number of pyridine rings is 1. The Labute approximate surface area is 129 Å². The molecule has 0 amide bonds. The molecule has 2 heterocycles. The first-order chi connectivity index (χ1) is 10.7. The number of nitrogens with zero attached hydrogens (tertiary/aromatic N) is 3. The van der Waals surface area contributed by atoms with E-state index in [0.717, 1.165) is 18.4 Å². The van der Waals surface area contributed by atoms with Crippen molar-refractivity contribution in [3.05, 3.63) is 36.3 Å². The van der Waals surface area contributed by atoms with Crippen molar-refractivity contribution in [1.82, 2.24) is 15.0 Å². The van der Waals surface area contributed by atoms with Gasteiger partial charge in [-0.1, -0.05) is 19.4 Å². The minimum absolute atomic E-state index is 0.0137. The minimum atomic E-state index is -0.0972. The van der Waals surface area contributed by atoms with E-state index in [1.54, 1.807) is 12.4 Å². The molecule has 7 heteroatoms. The van der Waals surface area contributed by atoms with Gasteiger partial charge < -0.3 is 20.9 Å². The number of nitrogens with two attached hydrogens (primary N) is 1. The average molecular weight is 303 g/mol. The standard InChI is InChI=1S/C15H21N5O2/c1-2-4-12(9-21)19-14-13(8-18-15(16)20-14)22-10-11-5-3-6-17-7-11/h3,5-8,12,21H,2,4,9-10H2,1H3,(H3,16,18,19,20)/t12-/m0/s1. The lowest BCUT2D eigenvalue weighted by molar-refractivity contribution is 0.266. The van der Waals surface area contributed by atoms with Gasteiger partial charge in [0.15, 0.2) is 11.6 Å². The molecule has 0 fully saturated rings. The lowest BCUT2D eigenvalue weighted by atomic mass is 10.2. The lowest BCUT2D eigenvalue weighted by Gasteiger charge is -2.18. The van der Waals surface area contributed by atoms with Crippen LogP contribution in [-0.4, -0.2) is 32.7 Å². The number of anilines is 2. The van der Waals surface area contributed by atoms with Gasteiger partial charge in [-0.25, -0.2) is 4.98 Å². The molecular formula is C15H21N5O2. The third-order valence-electron chi connectivity index (χ3n) is 3.09. The quantitative estimate of drug-likeness (QED) is 0.680. The van der Waals surface area contributed by atoms with Gasteiger partial charge in [-0.3, -0.25) is 4.98 Å². The van der Waals surface area contributed by atoms with Gasteiger partial charge in [0.1, 0.15) is 6.61 Å². The third kappa shape index (κ3) is 4.56. The molecule has 2 aromatic heterocycles. The van der Waals surface area contributed by atoms with E-state index in [0.29, 0.717) is 18.2 Å². The molecule has 0 unspecified atom stereocenters. The van der Waals surface area contributed by atoms with Crippen molar-refractivity contribution in [1.29, 1.82) is 0 Å². The highest BCUT2D eigenvalue weighted by molar-refractivity contribution is 5.51. The molecule has 2 aromatic rings. The van der Waals surface area contributed by atoms with Gasteiger partial charge in [0.05, 0.1) is 18.8 Å². The summed E-state index contributed by atoms with van der Waals surface area (Å²) in [6.45, 7) is 2.42. The van der Waals surface area contributed by atoms with Gasteiger partial charge in [-0.05, 0) is 12.5 Å². The molecule has 2 rings (SSSR count). The normalized spacial score (nSPS) is 11.9.